The van der Waals surface area contributed by atoms with Crippen LogP contribution in [0.25, 0.3) is 0 Å². The molecular formula is C16H21FN6O. The van der Waals surface area contributed by atoms with E-state index < -0.39 is 11.9 Å². The van der Waals surface area contributed by atoms with E-state index in [2.05, 4.69) is 21.9 Å². The molecule has 1 fully saturated rings. The second-order valence-corrected chi connectivity index (χ2v) is 5.26. The van der Waals surface area contributed by atoms with Gasteiger partial charge in [-0.25, -0.2) is 15.2 Å². The van der Waals surface area contributed by atoms with E-state index >= 15 is 0 Å². The number of rotatable bonds is 5. The second-order valence-electron chi connectivity index (χ2n) is 5.26. The van der Waals surface area contributed by atoms with Gasteiger partial charge < -0.3 is 16.8 Å². The van der Waals surface area contributed by atoms with Crippen molar-refractivity contribution in [3.63, 3.8) is 0 Å². The monoisotopic (exact) mass is 332 g/mol. The Hall–Kier alpha value is -2.95. The molecule has 1 saturated carbocycles. The van der Waals surface area contributed by atoms with Crippen molar-refractivity contribution in [3.05, 3.63) is 36.1 Å². The minimum absolute atomic E-state index is 0.0239. The molecule has 0 unspecified atom stereocenters. The molecule has 0 aliphatic heterocycles. The average Bonchev–Trinajstić information content (AvgIpc) is 2.59. The van der Waals surface area contributed by atoms with Gasteiger partial charge in [-0.1, -0.05) is 19.3 Å². The van der Waals surface area contributed by atoms with Crippen LogP contribution < -0.4 is 16.8 Å². The number of primary amides is 1. The standard InChI is InChI=1S/C15H20FN5O.CHN/c16-13-7-6-11(8-20-13)21-14(17)12(15(18)22)9-19-10-4-2-1-3-5-10;1-2/h6-10,19H,1-5H2,(H2,17,21)(H2,18,22);1H/b12-9+;. The summed E-state index contributed by atoms with van der Waals surface area (Å²) in [6, 6.07) is 2.91. The molecule has 1 amide bonds. The fourth-order valence-electron chi connectivity index (χ4n) is 2.38. The van der Waals surface area contributed by atoms with Crippen LogP contribution in [0.3, 0.4) is 0 Å². The van der Waals surface area contributed by atoms with Crippen molar-refractivity contribution in [1.82, 2.24) is 10.3 Å². The number of aromatic nitrogens is 1. The van der Waals surface area contributed by atoms with Gasteiger partial charge >= 0.3 is 0 Å². The summed E-state index contributed by atoms with van der Waals surface area (Å²) >= 11 is 0. The SMILES string of the molecule is C#N.NC(=O)/C(=C/NC1CCCCC1)C(N)=Nc1ccc(F)nc1. The summed E-state index contributed by atoms with van der Waals surface area (Å²) in [5, 5.41) is 9.68. The molecule has 0 saturated heterocycles. The zero-order chi connectivity index (χ0) is 17.9. The van der Waals surface area contributed by atoms with Gasteiger partial charge in [-0.05, 0) is 25.0 Å². The Labute approximate surface area is 140 Å². The molecule has 1 heterocycles. The number of hydrogen-bond donors (Lipinski definition) is 3. The van der Waals surface area contributed by atoms with Crippen LogP contribution in [0.15, 0.2) is 35.1 Å². The summed E-state index contributed by atoms with van der Waals surface area (Å²) in [5.74, 6) is -1.30. The molecule has 8 heteroatoms. The Bertz CT molecular complexity index is 617. The molecule has 1 aromatic rings. The Morgan fingerprint density at radius 3 is 2.54 bits per heavy atom. The molecule has 0 aromatic carbocycles. The van der Waals surface area contributed by atoms with E-state index in [0.29, 0.717) is 11.7 Å². The fourth-order valence-corrected chi connectivity index (χ4v) is 2.38. The van der Waals surface area contributed by atoms with Gasteiger partial charge in [0.15, 0.2) is 0 Å². The van der Waals surface area contributed by atoms with Crippen LogP contribution in [0.1, 0.15) is 32.1 Å². The highest BCUT2D eigenvalue weighted by atomic mass is 19.1. The third-order valence-electron chi connectivity index (χ3n) is 3.57. The smallest absolute Gasteiger partial charge is 0.253 e. The van der Waals surface area contributed by atoms with Crippen LogP contribution in [0.2, 0.25) is 0 Å². The number of amides is 1. The van der Waals surface area contributed by atoms with Crippen molar-refractivity contribution >= 4 is 17.4 Å². The highest BCUT2D eigenvalue weighted by molar-refractivity contribution is 6.20. The number of amidine groups is 1. The van der Waals surface area contributed by atoms with Crippen LogP contribution >= 0.6 is 0 Å². The predicted molar refractivity (Wildman–Crippen MR) is 89.4 cm³/mol. The van der Waals surface area contributed by atoms with E-state index in [9.17, 15) is 9.18 Å². The van der Waals surface area contributed by atoms with Crippen molar-refractivity contribution in [2.24, 2.45) is 16.5 Å². The van der Waals surface area contributed by atoms with Gasteiger partial charge in [0.2, 0.25) is 5.95 Å². The van der Waals surface area contributed by atoms with E-state index in [1.807, 2.05) is 0 Å². The maximum Gasteiger partial charge on any atom is 0.253 e. The first-order chi connectivity index (χ1) is 11.6. The Kier molecular flexibility index (Phi) is 7.91. The third kappa shape index (κ3) is 6.04. The Morgan fingerprint density at radius 1 is 1.33 bits per heavy atom. The first kappa shape index (κ1) is 19.1. The summed E-state index contributed by atoms with van der Waals surface area (Å²) in [4.78, 5) is 19.1. The molecule has 2 rings (SSSR count). The number of halogens is 1. The van der Waals surface area contributed by atoms with E-state index in [-0.39, 0.29) is 11.4 Å². The largest absolute Gasteiger partial charge is 0.387 e. The number of nitrogens with one attached hydrogen (secondary N) is 1. The number of aliphatic imine (C=N–C) groups is 1. The number of carbonyl (C=O) groups excluding carboxylic acids is 1. The van der Waals surface area contributed by atoms with Crippen molar-refractivity contribution in [3.8, 4) is 6.57 Å². The lowest BCUT2D eigenvalue weighted by Gasteiger charge is -2.22. The Morgan fingerprint density at radius 2 is 2.00 bits per heavy atom. The van der Waals surface area contributed by atoms with E-state index in [0.717, 1.165) is 12.8 Å². The molecule has 0 atom stereocenters. The Balaban J connectivity index is 0.00000139. The summed E-state index contributed by atoms with van der Waals surface area (Å²) in [7, 11) is 0. The lowest BCUT2D eigenvalue weighted by Crippen LogP contribution is -2.32. The molecule has 0 bridgehead atoms. The lowest BCUT2D eigenvalue weighted by atomic mass is 9.95. The van der Waals surface area contributed by atoms with Crippen molar-refractivity contribution in [1.29, 1.82) is 5.26 Å². The number of nitriles is 1. The van der Waals surface area contributed by atoms with E-state index in [1.165, 1.54) is 43.8 Å². The van der Waals surface area contributed by atoms with Crippen LogP contribution in [0.5, 0.6) is 0 Å². The zero-order valence-electron chi connectivity index (χ0n) is 13.3. The van der Waals surface area contributed by atoms with Gasteiger partial charge in [0.25, 0.3) is 5.91 Å². The summed E-state index contributed by atoms with van der Waals surface area (Å²) in [6.07, 6.45) is 8.45. The summed E-state index contributed by atoms with van der Waals surface area (Å²) in [6.45, 7) is 3.50. The summed E-state index contributed by atoms with van der Waals surface area (Å²) in [5.41, 5.74) is 11.6. The van der Waals surface area contributed by atoms with Gasteiger partial charge in [0, 0.05) is 18.8 Å². The van der Waals surface area contributed by atoms with E-state index in [4.69, 9.17) is 16.7 Å². The van der Waals surface area contributed by atoms with Crippen LogP contribution in [-0.2, 0) is 4.79 Å². The highest BCUT2D eigenvalue weighted by Crippen LogP contribution is 2.17. The average molecular weight is 332 g/mol. The van der Waals surface area contributed by atoms with Crippen LogP contribution in [-0.4, -0.2) is 22.8 Å². The first-order valence-corrected chi connectivity index (χ1v) is 7.54. The van der Waals surface area contributed by atoms with E-state index in [1.54, 1.807) is 0 Å². The molecule has 1 aliphatic rings. The van der Waals surface area contributed by atoms with Gasteiger partial charge in [-0.2, -0.15) is 4.39 Å². The van der Waals surface area contributed by atoms with Gasteiger partial charge in [0.1, 0.15) is 5.84 Å². The fraction of sp³-hybridized carbons (Fsp3) is 0.375. The molecule has 0 spiro atoms. The number of nitrogens with zero attached hydrogens (tertiary/aromatic N) is 3. The molecule has 128 valence electrons. The number of pyridine rings is 1. The zero-order valence-corrected chi connectivity index (χ0v) is 13.3. The number of hydrogen-bond acceptors (Lipinski definition) is 5. The second kappa shape index (κ2) is 9.94. The van der Waals surface area contributed by atoms with Gasteiger partial charge in [-0.3, -0.25) is 4.79 Å². The summed E-state index contributed by atoms with van der Waals surface area (Å²) < 4.78 is 12.8. The topological polar surface area (TPSA) is 130 Å². The third-order valence-corrected chi connectivity index (χ3v) is 3.57. The van der Waals surface area contributed by atoms with Crippen molar-refractivity contribution in [2.45, 2.75) is 38.1 Å². The van der Waals surface area contributed by atoms with Crippen LogP contribution in [0, 0.1) is 17.8 Å². The highest BCUT2D eigenvalue weighted by Gasteiger charge is 2.14. The molecule has 7 nitrogen and oxygen atoms in total. The quantitative estimate of drug-likeness (QED) is 0.326. The molecule has 1 aromatic heterocycles. The minimum atomic E-state index is -0.667. The molecule has 5 N–H and O–H groups in total. The maximum atomic E-state index is 12.8. The first-order valence-electron chi connectivity index (χ1n) is 7.54. The normalized spacial score (nSPS) is 16.0. The lowest BCUT2D eigenvalue weighted by molar-refractivity contribution is -0.114. The number of nitrogens with two attached hydrogens (primary N) is 2. The number of carbonyl (C=O) groups is 1. The maximum absolute atomic E-state index is 12.8. The molecule has 1 aliphatic carbocycles. The van der Waals surface area contributed by atoms with Crippen molar-refractivity contribution < 1.29 is 9.18 Å². The van der Waals surface area contributed by atoms with Gasteiger partial charge in [-0.15, -0.1) is 0 Å². The van der Waals surface area contributed by atoms with Crippen molar-refractivity contribution in [2.75, 3.05) is 0 Å². The molecule has 24 heavy (non-hydrogen) atoms. The minimum Gasteiger partial charge on any atom is -0.387 e. The van der Waals surface area contributed by atoms with Gasteiger partial charge in [0.05, 0.1) is 17.5 Å². The molecule has 0 radical (unpaired) electrons. The predicted octanol–water partition coefficient (Wildman–Crippen LogP) is 1.64. The molecular weight excluding hydrogens is 311 g/mol. The van der Waals surface area contributed by atoms with Crippen LogP contribution in [0.4, 0.5) is 10.1 Å².